The molecular weight excluding hydrogens is 522 g/mol. The number of aryl methyl sites for hydroxylation is 1. The van der Waals surface area contributed by atoms with Gasteiger partial charge >= 0.3 is 0 Å². The fourth-order valence-electron chi connectivity index (χ4n) is 3.34. The van der Waals surface area contributed by atoms with Crippen LogP contribution in [0.25, 0.3) is 0 Å². The van der Waals surface area contributed by atoms with E-state index in [1.165, 1.54) is 36.4 Å². The second-order valence-electron chi connectivity index (χ2n) is 8.09. The van der Waals surface area contributed by atoms with Gasteiger partial charge in [-0.3, -0.25) is 4.79 Å². The van der Waals surface area contributed by atoms with Crippen LogP contribution in [0.3, 0.4) is 0 Å². The molecule has 0 saturated heterocycles. The van der Waals surface area contributed by atoms with Crippen molar-refractivity contribution in [3.63, 3.8) is 0 Å². The normalized spacial score (nSPS) is 12.0. The van der Waals surface area contributed by atoms with Crippen molar-refractivity contribution >= 4 is 37.6 Å². The van der Waals surface area contributed by atoms with E-state index >= 15 is 0 Å². The van der Waals surface area contributed by atoms with Gasteiger partial charge < -0.3 is 5.32 Å². The van der Waals surface area contributed by atoms with Crippen LogP contribution in [0.4, 0.5) is 0 Å². The predicted octanol–water partition coefficient (Wildman–Crippen LogP) is 2.98. The highest BCUT2D eigenvalue weighted by Gasteiger charge is 2.26. The lowest BCUT2D eigenvalue weighted by molar-refractivity contribution is -0.121. The minimum atomic E-state index is -3.97. The molecule has 0 aromatic heterocycles. The molecule has 3 rings (SSSR count). The Hall–Kier alpha value is -2.76. The number of nitrogens with one attached hydrogen (secondary N) is 2. The van der Waals surface area contributed by atoms with E-state index in [1.54, 1.807) is 12.1 Å². The van der Waals surface area contributed by atoms with Gasteiger partial charge in [-0.15, -0.1) is 0 Å². The number of halogens is 1. The van der Waals surface area contributed by atoms with Crippen LogP contribution >= 0.6 is 11.6 Å². The van der Waals surface area contributed by atoms with Crippen LogP contribution in [0.1, 0.15) is 11.1 Å². The van der Waals surface area contributed by atoms with E-state index in [9.17, 15) is 21.6 Å². The van der Waals surface area contributed by atoms with E-state index in [1.807, 2.05) is 37.3 Å². The molecule has 0 atom stereocenters. The number of sulfonamides is 2. The maximum atomic E-state index is 13.3. The molecule has 0 aliphatic heterocycles. The highest BCUT2D eigenvalue weighted by atomic mass is 35.5. The molecule has 0 spiro atoms. The minimum Gasteiger partial charge on any atom is -0.354 e. The molecule has 0 aliphatic rings. The topological polar surface area (TPSA) is 113 Å². The van der Waals surface area contributed by atoms with Crippen LogP contribution < -0.4 is 10.0 Å². The second-order valence-corrected chi connectivity index (χ2v) is 12.2. The lowest BCUT2D eigenvalue weighted by Gasteiger charge is -2.22. The second kappa shape index (κ2) is 12.5. The van der Waals surface area contributed by atoms with Gasteiger partial charge in [0.05, 0.1) is 16.3 Å². The van der Waals surface area contributed by atoms with Crippen LogP contribution in [-0.2, 0) is 31.3 Å². The molecule has 8 nitrogen and oxygen atoms in total. The zero-order valence-electron chi connectivity index (χ0n) is 19.7. The van der Waals surface area contributed by atoms with Crippen LogP contribution in [0.2, 0.25) is 5.02 Å². The molecule has 0 bridgehead atoms. The van der Waals surface area contributed by atoms with Crippen molar-refractivity contribution in [1.82, 2.24) is 14.3 Å². The third kappa shape index (κ3) is 7.87. The molecule has 0 radical (unpaired) electrons. The van der Waals surface area contributed by atoms with Gasteiger partial charge in [-0.05, 0) is 55.3 Å². The lowest BCUT2D eigenvalue weighted by Crippen LogP contribution is -2.43. The van der Waals surface area contributed by atoms with Crippen LogP contribution in [0.5, 0.6) is 0 Å². The Morgan fingerprint density at radius 2 is 1.44 bits per heavy atom. The van der Waals surface area contributed by atoms with Gasteiger partial charge in [0.25, 0.3) is 0 Å². The SMILES string of the molecule is Cc1ccc(S(=O)(=O)NCCNC(=O)CN(CCc2ccccc2)S(=O)(=O)c2ccc(Cl)cc2)cc1. The monoisotopic (exact) mass is 549 g/mol. The summed E-state index contributed by atoms with van der Waals surface area (Å²) in [6.07, 6.45) is 0.414. The highest BCUT2D eigenvalue weighted by molar-refractivity contribution is 7.89. The smallest absolute Gasteiger partial charge is 0.243 e. The first-order chi connectivity index (χ1) is 17.1. The summed E-state index contributed by atoms with van der Waals surface area (Å²) >= 11 is 5.89. The molecular formula is C25H28ClN3O5S2. The van der Waals surface area contributed by atoms with Crippen LogP contribution in [0, 0.1) is 6.92 Å². The standard InChI is InChI=1S/C25H28ClN3O5S2/c1-20-7-11-23(12-8-20)35(31,32)28-17-16-27-25(30)19-29(18-15-21-5-3-2-4-6-21)36(33,34)24-13-9-22(26)10-14-24/h2-14,28H,15-19H2,1H3,(H,27,30). The Labute approximate surface area is 217 Å². The van der Waals surface area contributed by atoms with Crippen LogP contribution in [-0.4, -0.2) is 53.2 Å². The number of nitrogens with zero attached hydrogens (tertiary/aromatic N) is 1. The minimum absolute atomic E-state index is 0.00254. The molecule has 0 unspecified atom stereocenters. The molecule has 0 heterocycles. The molecule has 0 saturated carbocycles. The Morgan fingerprint density at radius 3 is 2.08 bits per heavy atom. The fraction of sp³-hybridized carbons (Fsp3) is 0.240. The molecule has 3 aromatic carbocycles. The van der Waals surface area contributed by atoms with Crippen molar-refractivity contribution in [2.24, 2.45) is 0 Å². The van der Waals surface area contributed by atoms with Crippen molar-refractivity contribution < 1.29 is 21.6 Å². The zero-order chi connectivity index (χ0) is 26.2. The van der Waals surface area contributed by atoms with Crippen molar-refractivity contribution in [2.45, 2.75) is 23.1 Å². The summed E-state index contributed by atoms with van der Waals surface area (Å²) in [7, 11) is -7.69. The van der Waals surface area contributed by atoms with E-state index in [0.717, 1.165) is 15.4 Å². The molecule has 36 heavy (non-hydrogen) atoms. The van der Waals surface area contributed by atoms with E-state index in [2.05, 4.69) is 10.0 Å². The summed E-state index contributed by atoms with van der Waals surface area (Å²) < 4.78 is 54.8. The summed E-state index contributed by atoms with van der Waals surface area (Å²) in [6, 6.07) is 21.5. The van der Waals surface area contributed by atoms with E-state index in [0.29, 0.717) is 11.4 Å². The lowest BCUT2D eigenvalue weighted by atomic mass is 10.1. The number of benzene rings is 3. The molecule has 11 heteroatoms. The van der Waals surface area contributed by atoms with Crippen molar-refractivity contribution in [1.29, 1.82) is 0 Å². The fourth-order valence-corrected chi connectivity index (χ4v) is 5.90. The van der Waals surface area contributed by atoms with Crippen molar-refractivity contribution in [3.05, 3.63) is 95.0 Å². The molecule has 0 fully saturated rings. The first-order valence-corrected chi connectivity index (χ1v) is 14.5. The maximum absolute atomic E-state index is 13.3. The van der Waals surface area contributed by atoms with E-state index in [-0.39, 0.29) is 29.4 Å². The summed E-state index contributed by atoms with van der Waals surface area (Å²) in [5.74, 6) is -0.546. The number of carbonyl (C=O) groups excluding carboxylic acids is 1. The molecule has 1 amide bonds. The molecule has 2 N–H and O–H groups in total. The van der Waals surface area contributed by atoms with Gasteiger partial charge in [0.2, 0.25) is 26.0 Å². The third-order valence-corrected chi connectivity index (χ3v) is 8.92. The molecule has 192 valence electrons. The summed E-state index contributed by atoms with van der Waals surface area (Å²) in [5, 5.41) is 2.98. The molecule has 0 aliphatic carbocycles. The third-order valence-electron chi connectivity index (χ3n) is 5.33. The van der Waals surface area contributed by atoms with E-state index < -0.39 is 32.5 Å². The van der Waals surface area contributed by atoms with Crippen molar-refractivity contribution in [3.8, 4) is 0 Å². The van der Waals surface area contributed by atoms with Gasteiger partial charge in [-0.25, -0.2) is 21.6 Å². The van der Waals surface area contributed by atoms with Gasteiger partial charge in [-0.2, -0.15) is 4.31 Å². The first kappa shape index (κ1) is 27.8. The highest BCUT2D eigenvalue weighted by Crippen LogP contribution is 2.19. The van der Waals surface area contributed by atoms with E-state index in [4.69, 9.17) is 11.6 Å². The maximum Gasteiger partial charge on any atom is 0.243 e. The average Bonchev–Trinajstić information content (AvgIpc) is 2.85. The summed E-state index contributed by atoms with van der Waals surface area (Å²) in [4.78, 5) is 12.8. The van der Waals surface area contributed by atoms with Gasteiger partial charge in [-0.1, -0.05) is 59.6 Å². The van der Waals surface area contributed by atoms with Gasteiger partial charge in [0.1, 0.15) is 0 Å². The number of amides is 1. The number of hydrogen-bond donors (Lipinski definition) is 2. The Kier molecular flexibility index (Phi) is 9.63. The Morgan fingerprint density at radius 1 is 0.833 bits per heavy atom. The first-order valence-electron chi connectivity index (χ1n) is 11.2. The van der Waals surface area contributed by atoms with Crippen LogP contribution in [0.15, 0.2) is 88.7 Å². The average molecular weight is 550 g/mol. The Balaban J connectivity index is 1.62. The predicted molar refractivity (Wildman–Crippen MR) is 140 cm³/mol. The van der Waals surface area contributed by atoms with Gasteiger partial charge in [0, 0.05) is 24.7 Å². The quantitative estimate of drug-likeness (QED) is 0.337. The number of carbonyl (C=O) groups is 1. The summed E-state index contributed by atoms with van der Waals surface area (Å²) in [6.45, 7) is 1.48. The summed E-state index contributed by atoms with van der Waals surface area (Å²) in [5.41, 5.74) is 1.87. The van der Waals surface area contributed by atoms with Gasteiger partial charge in [0.15, 0.2) is 0 Å². The largest absolute Gasteiger partial charge is 0.354 e. The Bertz CT molecular complexity index is 1360. The van der Waals surface area contributed by atoms with Crippen molar-refractivity contribution in [2.75, 3.05) is 26.2 Å². The zero-order valence-corrected chi connectivity index (χ0v) is 22.1. The number of hydrogen-bond acceptors (Lipinski definition) is 5. The molecule has 3 aromatic rings. The number of rotatable bonds is 12.